The van der Waals surface area contributed by atoms with Crippen molar-refractivity contribution in [1.82, 2.24) is 9.78 Å². The highest BCUT2D eigenvalue weighted by Gasteiger charge is 2.33. The maximum atomic E-state index is 11.5. The third-order valence-corrected chi connectivity index (χ3v) is 5.66. The van der Waals surface area contributed by atoms with Gasteiger partial charge >= 0.3 is 0 Å². The predicted molar refractivity (Wildman–Crippen MR) is 68.9 cm³/mol. The van der Waals surface area contributed by atoms with Gasteiger partial charge in [0.1, 0.15) is 0 Å². The first-order chi connectivity index (χ1) is 8.52. The van der Waals surface area contributed by atoms with Crippen LogP contribution in [-0.2, 0) is 23.3 Å². The molecule has 0 aliphatic carbocycles. The SMILES string of the molecule is Cn1nccc1CCC(CO)C1CCS(=O)(=O)C1. The van der Waals surface area contributed by atoms with Gasteiger partial charge in [-0.3, -0.25) is 4.68 Å². The molecule has 0 amide bonds. The van der Waals surface area contributed by atoms with E-state index >= 15 is 0 Å². The fraction of sp³-hybridized carbons (Fsp3) is 0.750. The van der Waals surface area contributed by atoms with Gasteiger partial charge in [0.15, 0.2) is 9.84 Å². The molecule has 0 bridgehead atoms. The standard InChI is InChI=1S/C12H20N2O3S/c1-14-12(4-6-13-14)3-2-10(8-15)11-5-7-18(16,17)9-11/h4,6,10-11,15H,2-3,5,7-9H2,1H3. The molecule has 1 aromatic rings. The van der Waals surface area contributed by atoms with E-state index in [4.69, 9.17) is 0 Å². The van der Waals surface area contributed by atoms with Gasteiger partial charge in [-0.05, 0) is 37.2 Å². The van der Waals surface area contributed by atoms with Crippen LogP contribution in [0.25, 0.3) is 0 Å². The number of aliphatic hydroxyl groups is 1. The summed E-state index contributed by atoms with van der Waals surface area (Å²) in [6.45, 7) is 0.0675. The molecule has 2 unspecified atom stereocenters. The van der Waals surface area contributed by atoms with E-state index in [0.29, 0.717) is 6.42 Å². The first-order valence-corrected chi connectivity index (χ1v) is 8.12. The van der Waals surface area contributed by atoms with Crippen LogP contribution in [0.15, 0.2) is 12.3 Å². The minimum Gasteiger partial charge on any atom is -0.396 e. The molecule has 0 spiro atoms. The molecular weight excluding hydrogens is 252 g/mol. The average molecular weight is 272 g/mol. The van der Waals surface area contributed by atoms with Gasteiger partial charge in [0.25, 0.3) is 0 Å². The molecule has 0 saturated carbocycles. The number of aliphatic hydroxyl groups excluding tert-OH is 1. The van der Waals surface area contributed by atoms with Gasteiger partial charge < -0.3 is 5.11 Å². The second kappa shape index (κ2) is 5.40. The van der Waals surface area contributed by atoms with Crippen molar-refractivity contribution in [2.75, 3.05) is 18.1 Å². The number of rotatable bonds is 5. The van der Waals surface area contributed by atoms with Crippen LogP contribution in [0.2, 0.25) is 0 Å². The molecule has 1 aliphatic rings. The van der Waals surface area contributed by atoms with Gasteiger partial charge in [0.05, 0.1) is 11.5 Å². The zero-order valence-electron chi connectivity index (χ0n) is 10.6. The third-order valence-electron chi connectivity index (χ3n) is 3.86. The van der Waals surface area contributed by atoms with Crippen molar-refractivity contribution in [3.8, 4) is 0 Å². The van der Waals surface area contributed by atoms with Gasteiger partial charge in [-0.1, -0.05) is 0 Å². The summed E-state index contributed by atoms with van der Waals surface area (Å²) in [7, 11) is -0.967. The van der Waals surface area contributed by atoms with Crippen LogP contribution in [-0.4, -0.2) is 41.4 Å². The Balaban J connectivity index is 1.92. The van der Waals surface area contributed by atoms with Crippen LogP contribution < -0.4 is 0 Å². The summed E-state index contributed by atoms with van der Waals surface area (Å²) in [5, 5.41) is 13.5. The molecule has 1 fully saturated rings. The van der Waals surface area contributed by atoms with E-state index in [1.807, 2.05) is 17.8 Å². The van der Waals surface area contributed by atoms with E-state index in [1.54, 1.807) is 6.20 Å². The quantitative estimate of drug-likeness (QED) is 0.842. The van der Waals surface area contributed by atoms with E-state index < -0.39 is 9.84 Å². The van der Waals surface area contributed by atoms with Crippen molar-refractivity contribution < 1.29 is 13.5 Å². The Morgan fingerprint density at radius 1 is 1.61 bits per heavy atom. The van der Waals surface area contributed by atoms with Crippen LogP contribution in [0.3, 0.4) is 0 Å². The van der Waals surface area contributed by atoms with Crippen LogP contribution >= 0.6 is 0 Å². The van der Waals surface area contributed by atoms with E-state index in [1.165, 1.54) is 0 Å². The van der Waals surface area contributed by atoms with Crippen molar-refractivity contribution in [3.63, 3.8) is 0 Å². The highest BCUT2D eigenvalue weighted by molar-refractivity contribution is 7.91. The summed E-state index contributed by atoms with van der Waals surface area (Å²) in [5.41, 5.74) is 1.12. The normalized spacial score (nSPS) is 24.2. The lowest BCUT2D eigenvalue weighted by molar-refractivity contribution is 0.176. The van der Waals surface area contributed by atoms with Gasteiger partial charge in [0.2, 0.25) is 0 Å². The molecule has 18 heavy (non-hydrogen) atoms. The van der Waals surface area contributed by atoms with Crippen LogP contribution in [0.1, 0.15) is 18.5 Å². The fourth-order valence-corrected chi connectivity index (χ4v) is 4.57. The molecule has 0 radical (unpaired) electrons. The number of aromatic nitrogens is 2. The summed E-state index contributed by atoms with van der Waals surface area (Å²) in [4.78, 5) is 0. The first kappa shape index (κ1) is 13.5. The molecule has 2 rings (SSSR count). The van der Waals surface area contributed by atoms with E-state index in [9.17, 15) is 13.5 Å². The van der Waals surface area contributed by atoms with Crippen molar-refractivity contribution in [3.05, 3.63) is 18.0 Å². The zero-order valence-corrected chi connectivity index (χ0v) is 11.4. The number of hydrogen-bond acceptors (Lipinski definition) is 4. The van der Waals surface area contributed by atoms with Gasteiger partial charge in [0, 0.05) is 25.5 Å². The number of sulfone groups is 1. The molecule has 5 nitrogen and oxygen atoms in total. The zero-order chi connectivity index (χ0) is 13.2. The molecular formula is C12H20N2O3S. The molecule has 6 heteroatoms. The minimum absolute atomic E-state index is 0.0675. The largest absolute Gasteiger partial charge is 0.396 e. The van der Waals surface area contributed by atoms with E-state index in [-0.39, 0.29) is 29.9 Å². The summed E-state index contributed by atoms with van der Waals surface area (Å²) in [5.74, 6) is 0.717. The lowest BCUT2D eigenvalue weighted by atomic mass is 9.88. The Morgan fingerprint density at radius 2 is 2.39 bits per heavy atom. The van der Waals surface area contributed by atoms with E-state index in [0.717, 1.165) is 18.5 Å². The summed E-state index contributed by atoms with van der Waals surface area (Å²) in [6.07, 6.45) is 4.09. The molecule has 1 saturated heterocycles. The maximum Gasteiger partial charge on any atom is 0.150 e. The molecule has 0 aromatic carbocycles. The maximum absolute atomic E-state index is 11.5. The highest BCUT2D eigenvalue weighted by Crippen LogP contribution is 2.28. The highest BCUT2D eigenvalue weighted by atomic mass is 32.2. The Labute approximate surface area is 108 Å². The van der Waals surface area contributed by atoms with Gasteiger partial charge in [-0.15, -0.1) is 0 Å². The van der Waals surface area contributed by atoms with E-state index in [2.05, 4.69) is 5.10 Å². The summed E-state index contributed by atoms with van der Waals surface area (Å²) < 4.78 is 24.7. The number of hydrogen-bond donors (Lipinski definition) is 1. The summed E-state index contributed by atoms with van der Waals surface area (Å²) in [6, 6.07) is 1.96. The molecule has 1 N–H and O–H groups in total. The van der Waals surface area contributed by atoms with Crippen LogP contribution in [0.4, 0.5) is 0 Å². The predicted octanol–water partition coefficient (Wildman–Crippen LogP) is 0.396. The second-order valence-electron chi connectivity index (χ2n) is 5.09. The minimum atomic E-state index is -2.86. The number of aryl methyl sites for hydroxylation is 2. The van der Waals surface area contributed by atoms with Gasteiger partial charge in [-0.25, -0.2) is 8.42 Å². The third kappa shape index (κ3) is 3.11. The van der Waals surface area contributed by atoms with Crippen LogP contribution in [0.5, 0.6) is 0 Å². The Kier molecular flexibility index (Phi) is 4.07. The molecule has 102 valence electrons. The van der Waals surface area contributed by atoms with Crippen molar-refractivity contribution >= 4 is 9.84 Å². The topological polar surface area (TPSA) is 72.2 Å². The lowest BCUT2D eigenvalue weighted by Gasteiger charge is -2.19. The average Bonchev–Trinajstić information content (AvgIpc) is 2.87. The van der Waals surface area contributed by atoms with Gasteiger partial charge in [-0.2, -0.15) is 5.10 Å². The number of nitrogens with zero attached hydrogens (tertiary/aromatic N) is 2. The lowest BCUT2D eigenvalue weighted by Crippen LogP contribution is -2.21. The first-order valence-electron chi connectivity index (χ1n) is 6.30. The Bertz CT molecular complexity index is 495. The molecule has 1 aliphatic heterocycles. The van der Waals surface area contributed by atoms with Crippen molar-refractivity contribution in [2.24, 2.45) is 18.9 Å². The fourth-order valence-electron chi connectivity index (χ4n) is 2.65. The van der Waals surface area contributed by atoms with Crippen molar-refractivity contribution in [2.45, 2.75) is 19.3 Å². The summed E-state index contributed by atoms with van der Waals surface area (Å²) >= 11 is 0. The second-order valence-corrected chi connectivity index (χ2v) is 7.32. The molecule has 2 atom stereocenters. The Hall–Kier alpha value is -0.880. The van der Waals surface area contributed by atoms with Crippen LogP contribution in [0, 0.1) is 11.8 Å². The Morgan fingerprint density at radius 3 is 2.89 bits per heavy atom. The molecule has 1 aromatic heterocycles. The smallest absolute Gasteiger partial charge is 0.150 e. The van der Waals surface area contributed by atoms with Crippen molar-refractivity contribution in [1.29, 1.82) is 0 Å². The molecule has 2 heterocycles. The monoisotopic (exact) mass is 272 g/mol.